The van der Waals surface area contributed by atoms with Crippen LogP contribution in [-0.4, -0.2) is 30.0 Å². The Labute approximate surface area is 142 Å². The van der Waals surface area contributed by atoms with Crippen LogP contribution in [0.1, 0.15) is 32.3 Å². The number of allylic oxidation sites excluding steroid dienone is 2. The van der Waals surface area contributed by atoms with Crippen molar-refractivity contribution in [3.8, 4) is 0 Å². The molecule has 5 rings (SSSR count). The van der Waals surface area contributed by atoms with Crippen LogP contribution in [0.3, 0.4) is 0 Å². The number of ether oxygens (including phenoxy) is 1. The molecule has 0 radical (unpaired) electrons. The summed E-state index contributed by atoms with van der Waals surface area (Å²) < 4.78 is 5.82. The number of anilines is 1. The van der Waals surface area contributed by atoms with E-state index < -0.39 is 0 Å². The molecule has 4 nitrogen and oxygen atoms in total. The fraction of sp³-hybridized carbons (Fsp3) is 0.450. The first-order valence-electron chi connectivity index (χ1n) is 8.84. The van der Waals surface area contributed by atoms with E-state index in [9.17, 15) is 4.79 Å². The maximum absolute atomic E-state index is 11.8. The maximum Gasteiger partial charge on any atom is 0.307 e. The Morgan fingerprint density at radius 2 is 2.25 bits per heavy atom. The number of nitrogens with zero attached hydrogens (tertiary/aromatic N) is 1. The molecule has 3 heterocycles. The molecule has 1 spiro atoms. The zero-order chi connectivity index (χ0) is 16.5. The summed E-state index contributed by atoms with van der Waals surface area (Å²) in [6, 6.07) is 9.08. The lowest BCUT2D eigenvalue weighted by atomic mass is 9.64. The van der Waals surface area contributed by atoms with Gasteiger partial charge in [0, 0.05) is 37.7 Å². The van der Waals surface area contributed by atoms with Gasteiger partial charge in [-0.1, -0.05) is 24.3 Å². The van der Waals surface area contributed by atoms with Crippen molar-refractivity contribution in [3.05, 3.63) is 52.9 Å². The number of rotatable bonds is 1. The Hall–Kier alpha value is -2.07. The fourth-order valence-corrected chi connectivity index (χ4v) is 5.48. The number of nitrogens with one attached hydrogen (secondary N) is 1. The molecule has 1 N–H and O–H groups in total. The topological polar surface area (TPSA) is 41.6 Å². The minimum absolute atomic E-state index is 0.0306. The third-order valence-electron chi connectivity index (χ3n) is 6.40. The van der Waals surface area contributed by atoms with Crippen molar-refractivity contribution in [2.75, 3.05) is 18.4 Å². The summed E-state index contributed by atoms with van der Waals surface area (Å²) in [5.41, 5.74) is 5.04. The van der Waals surface area contributed by atoms with Crippen LogP contribution in [-0.2, 0) is 14.9 Å². The Morgan fingerprint density at radius 1 is 1.42 bits per heavy atom. The first-order valence-corrected chi connectivity index (χ1v) is 8.84. The highest BCUT2D eigenvalue weighted by Gasteiger charge is 2.61. The van der Waals surface area contributed by atoms with Gasteiger partial charge < -0.3 is 10.1 Å². The van der Waals surface area contributed by atoms with E-state index in [0.29, 0.717) is 6.04 Å². The van der Waals surface area contributed by atoms with Gasteiger partial charge in [-0.25, -0.2) is 0 Å². The number of para-hydroxylation sites is 1. The molecule has 1 aliphatic carbocycles. The van der Waals surface area contributed by atoms with Gasteiger partial charge in [-0.15, -0.1) is 0 Å². The summed E-state index contributed by atoms with van der Waals surface area (Å²) in [6.45, 7) is 5.70. The van der Waals surface area contributed by atoms with E-state index >= 15 is 0 Å². The van der Waals surface area contributed by atoms with Crippen molar-refractivity contribution in [1.29, 1.82) is 0 Å². The number of hydrogen-bond acceptors (Lipinski definition) is 4. The number of esters is 1. The van der Waals surface area contributed by atoms with Gasteiger partial charge in [0.2, 0.25) is 0 Å². The zero-order valence-electron chi connectivity index (χ0n) is 14.1. The second kappa shape index (κ2) is 4.73. The first-order chi connectivity index (χ1) is 11.6. The van der Waals surface area contributed by atoms with Crippen molar-refractivity contribution in [3.63, 3.8) is 0 Å². The molecular weight excluding hydrogens is 300 g/mol. The van der Waals surface area contributed by atoms with Crippen LogP contribution < -0.4 is 5.32 Å². The van der Waals surface area contributed by atoms with Crippen molar-refractivity contribution < 1.29 is 9.53 Å². The number of fused-ring (bicyclic) bond motifs is 2. The van der Waals surface area contributed by atoms with E-state index in [2.05, 4.69) is 47.5 Å². The molecule has 3 aliphatic heterocycles. The number of carbonyl (C=O) groups excluding carboxylic acids is 1. The maximum atomic E-state index is 11.8. The normalized spacial score (nSPS) is 34.8. The Bertz CT molecular complexity index is 810. The third-order valence-corrected chi connectivity index (χ3v) is 6.40. The summed E-state index contributed by atoms with van der Waals surface area (Å²) in [5, 5.41) is 3.63. The summed E-state index contributed by atoms with van der Waals surface area (Å²) >= 11 is 0. The molecule has 1 aromatic rings. The highest BCUT2D eigenvalue weighted by molar-refractivity contribution is 5.74. The van der Waals surface area contributed by atoms with Crippen LogP contribution in [0.4, 0.5) is 5.69 Å². The largest absolute Gasteiger partial charge is 0.429 e. The lowest BCUT2D eigenvalue weighted by Crippen LogP contribution is -2.53. The van der Waals surface area contributed by atoms with Gasteiger partial charge >= 0.3 is 5.97 Å². The lowest BCUT2D eigenvalue weighted by molar-refractivity contribution is -0.138. The molecule has 0 saturated carbocycles. The monoisotopic (exact) mass is 322 g/mol. The predicted octanol–water partition coefficient (Wildman–Crippen LogP) is 3.18. The van der Waals surface area contributed by atoms with Crippen LogP contribution in [0.25, 0.3) is 0 Å². The van der Waals surface area contributed by atoms with Crippen molar-refractivity contribution in [2.45, 2.75) is 38.1 Å². The standard InChI is InChI=1S/C20H22N2O2/c1-3-13-11-22-9-8-20-15-6-4-5-7-16(15)21-19(20)18(24-12(2)23)14(13)10-17(20)22/h3-7,14,17,21H,8-11H2,1-2H3/b13-3-/t14-,17-,20+/m0/s1. The molecule has 0 aromatic heterocycles. The molecule has 2 saturated heterocycles. The van der Waals surface area contributed by atoms with Gasteiger partial charge in [-0.05, 0) is 37.0 Å². The molecule has 4 aliphatic rings. The minimum Gasteiger partial charge on any atom is -0.429 e. The summed E-state index contributed by atoms with van der Waals surface area (Å²) in [6.07, 6.45) is 4.34. The van der Waals surface area contributed by atoms with E-state index in [1.165, 1.54) is 23.7 Å². The van der Waals surface area contributed by atoms with E-state index in [0.717, 1.165) is 37.4 Å². The SMILES string of the molecule is C/C=C1/CN2CC[C@]34C(=C(OC(C)=O)[C@H]1C[C@H]23)Nc1ccccc14. The van der Waals surface area contributed by atoms with Crippen LogP contribution in [0.2, 0.25) is 0 Å². The smallest absolute Gasteiger partial charge is 0.307 e. The number of hydrogen-bond donors (Lipinski definition) is 1. The average Bonchev–Trinajstić information content (AvgIpc) is 3.13. The highest BCUT2D eigenvalue weighted by Crippen LogP contribution is 2.61. The van der Waals surface area contributed by atoms with E-state index in [1.54, 1.807) is 0 Å². The highest BCUT2D eigenvalue weighted by atomic mass is 16.5. The molecule has 2 fully saturated rings. The van der Waals surface area contributed by atoms with Crippen molar-refractivity contribution in [1.82, 2.24) is 4.90 Å². The van der Waals surface area contributed by atoms with Crippen molar-refractivity contribution >= 4 is 11.7 Å². The predicted molar refractivity (Wildman–Crippen MR) is 92.4 cm³/mol. The summed E-state index contributed by atoms with van der Waals surface area (Å²) in [7, 11) is 0. The van der Waals surface area contributed by atoms with Crippen LogP contribution in [0, 0.1) is 5.92 Å². The fourth-order valence-electron chi connectivity index (χ4n) is 5.48. The molecule has 0 amide bonds. The molecule has 3 atom stereocenters. The zero-order valence-corrected chi connectivity index (χ0v) is 14.1. The van der Waals surface area contributed by atoms with E-state index in [-0.39, 0.29) is 17.3 Å². The van der Waals surface area contributed by atoms with Crippen LogP contribution in [0.15, 0.2) is 47.4 Å². The van der Waals surface area contributed by atoms with E-state index in [1.807, 2.05) is 0 Å². The quantitative estimate of drug-likeness (QED) is 0.637. The molecule has 24 heavy (non-hydrogen) atoms. The molecule has 4 heteroatoms. The van der Waals surface area contributed by atoms with Crippen LogP contribution >= 0.6 is 0 Å². The Kier molecular flexibility index (Phi) is 2.82. The second-order valence-electron chi connectivity index (χ2n) is 7.36. The van der Waals surface area contributed by atoms with Gasteiger partial charge in [0.25, 0.3) is 0 Å². The summed E-state index contributed by atoms with van der Waals surface area (Å²) in [5.74, 6) is 0.868. The molecule has 2 bridgehead atoms. The first kappa shape index (κ1) is 14.3. The summed E-state index contributed by atoms with van der Waals surface area (Å²) in [4.78, 5) is 14.4. The molecular formula is C20H22N2O2. The molecule has 0 unspecified atom stereocenters. The van der Waals surface area contributed by atoms with Gasteiger partial charge in [0.15, 0.2) is 0 Å². The lowest BCUT2D eigenvalue weighted by Gasteiger charge is -2.48. The second-order valence-corrected chi connectivity index (χ2v) is 7.36. The van der Waals surface area contributed by atoms with Gasteiger partial charge in [0.05, 0.1) is 11.1 Å². The Balaban J connectivity index is 1.79. The number of piperidine rings is 1. The van der Waals surface area contributed by atoms with Gasteiger partial charge in [-0.2, -0.15) is 0 Å². The van der Waals surface area contributed by atoms with Crippen molar-refractivity contribution in [2.24, 2.45) is 5.92 Å². The van der Waals surface area contributed by atoms with Gasteiger partial charge in [0.1, 0.15) is 5.76 Å². The molecule has 1 aromatic carbocycles. The molecule has 124 valence electrons. The van der Waals surface area contributed by atoms with Gasteiger partial charge in [-0.3, -0.25) is 9.69 Å². The number of benzene rings is 1. The van der Waals surface area contributed by atoms with Crippen LogP contribution in [0.5, 0.6) is 0 Å². The average molecular weight is 322 g/mol. The Morgan fingerprint density at radius 3 is 3.04 bits per heavy atom. The number of carbonyl (C=O) groups is 1. The van der Waals surface area contributed by atoms with E-state index in [4.69, 9.17) is 4.74 Å². The minimum atomic E-state index is -0.222. The third kappa shape index (κ3) is 1.59.